The van der Waals surface area contributed by atoms with Crippen molar-refractivity contribution in [2.24, 2.45) is 0 Å². The molecule has 1 aromatic carbocycles. The molecule has 110 valence electrons. The summed E-state index contributed by atoms with van der Waals surface area (Å²) < 4.78 is 25.1. The van der Waals surface area contributed by atoms with Crippen LogP contribution in [0.5, 0.6) is 5.75 Å². The van der Waals surface area contributed by atoms with E-state index in [0.717, 1.165) is 24.9 Å². The second-order valence-corrected chi connectivity index (χ2v) is 5.90. The van der Waals surface area contributed by atoms with E-state index < -0.39 is 5.82 Å². The number of halogens is 1. The zero-order valence-electron chi connectivity index (χ0n) is 11.9. The van der Waals surface area contributed by atoms with E-state index >= 15 is 0 Å². The van der Waals surface area contributed by atoms with Gasteiger partial charge in [-0.1, -0.05) is 0 Å². The number of rotatable bonds is 4. The molecule has 0 saturated carbocycles. The Kier molecular flexibility index (Phi) is 3.46. The summed E-state index contributed by atoms with van der Waals surface area (Å²) in [6.07, 6.45) is 3.75. The summed E-state index contributed by atoms with van der Waals surface area (Å²) >= 11 is 0. The maximum atomic E-state index is 13.8. The van der Waals surface area contributed by atoms with Gasteiger partial charge in [0.25, 0.3) is 0 Å². The molecule has 2 aliphatic heterocycles. The van der Waals surface area contributed by atoms with Gasteiger partial charge in [-0.3, -0.25) is 0 Å². The molecule has 1 aromatic rings. The molecular formula is C15H21FN2O2. The Morgan fingerprint density at radius 2 is 2.20 bits per heavy atom. The number of nitrogens with one attached hydrogen (secondary N) is 1. The first-order chi connectivity index (χ1) is 9.52. The van der Waals surface area contributed by atoms with Gasteiger partial charge in [0.15, 0.2) is 11.6 Å². The molecule has 2 saturated heterocycles. The van der Waals surface area contributed by atoms with Gasteiger partial charge >= 0.3 is 0 Å². The van der Waals surface area contributed by atoms with E-state index in [4.69, 9.17) is 15.2 Å². The highest BCUT2D eigenvalue weighted by molar-refractivity contribution is 5.69. The van der Waals surface area contributed by atoms with Crippen LogP contribution in [0.4, 0.5) is 15.8 Å². The Morgan fingerprint density at radius 3 is 2.80 bits per heavy atom. The van der Waals surface area contributed by atoms with Crippen molar-refractivity contribution in [3.8, 4) is 5.75 Å². The van der Waals surface area contributed by atoms with Gasteiger partial charge in [-0.25, -0.2) is 4.39 Å². The van der Waals surface area contributed by atoms with Crippen molar-refractivity contribution in [3.63, 3.8) is 0 Å². The maximum Gasteiger partial charge on any atom is 0.167 e. The monoisotopic (exact) mass is 280 g/mol. The van der Waals surface area contributed by atoms with Crippen LogP contribution in [0.3, 0.4) is 0 Å². The molecule has 0 spiro atoms. The van der Waals surface area contributed by atoms with Crippen molar-refractivity contribution >= 4 is 11.4 Å². The SMILES string of the molecule is CC(C)Oc1cc(NC2CC3CCC2O3)c(N)cc1F. The van der Waals surface area contributed by atoms with Crippen molar-refractivity contribution in [1.82, 2.24) is 0 Å². The van der Waals surface area contributed by atoms with Gasteiger partial charge in [0.05, 0.1) is 35.7 Å². The third-order valence-corrected chi connectivity index (χ3v) is 3.91. The lowest BCUT2D eigenvalue weighted by Gasteiger charge is -2.23. The molecular weight excluding hydrogens is 259 g/mol. The molecule has 3 rings (SSSR count). The quantitative estimate of drug-likeness (QED) is 0.833. The molecule has 5 heteroatoms. The van der Waals surface area contributed by atoms with Gasteiger partial charge in [0, 0.05) is 12.1 Å². The van der Waals surface area contributed by atoms with Crippen molar-refractivity contribution < 1.29 is 13.9 Å². The normalized spacial score (nSPS) is 28.1. The van der Waals surface area contributed by atoms with E-state index in [9.17, 15) is 4.39 Å². The predicted octanol–water partition coefficient (Wildman–Crippen LogP) is 2.93. The smallest absolute Gasteiger partial charge is 0.167 e. The van der Waals surface area contributed by atoms with Crippen LogP contribution in [0.15, 0.2) is 12.1 Å². The Hall–Kier alpha value is -1.49. The number of hydrogen-bond donors (Lipinski definition) is 2. The molecule has 0 aromatic heterocycles. The Morgan fingerprint density at radius 1 is 1.40 bits per heavy atom. The molecule has 4 nitrogen and oxygen atoms in total. The number of anilines is 2. The number of fused-ring (bicyclic) bond motifs is 2. The van der Waals surface area contributed by atoms with Gasteiger partial charge in [-0.15, -0.1) is 0 Å². The molecule has 0 aliphatic carbocycles. The Labute approximate surface area is 118 Å². The summed E-state index contributed by atoms with van der Waals surface area (Å²) in [6.45, 7) is 3.74. The molecule has 2 fully saturated rings. The fourth-order valence-corrected chi connectivity index (χ4v) is 3.03. The number of nitrogens with two attached hydrogens (primary N) is 1. The average Bonchev–Trinajstić information content (AvgIpc) is 2.96. The van der Waals surface area contributed by atoms with Crippen LogP contribution in [0.1, 0.15) is 33.1 Å². The van der Waals surface area contributed by atoms with Crippen molar-refractivity contribution in [3.05, 3.63) is 17.9 Å². The van der Waals surface area contributed by atoms with Gasteiger partial charge in [-0.2, -0.15) is 0 Å². The number of hydrogen-bond acceptors (Lipinski definition) is 4. The molecule has 2 heterocycles. The van der Waals surface area contributed by atoms with Gasteiger partial charge < -0.3 is 20.5 Å². The molecule has 3 N–H and O–H groups in total. The predicted molar refractivity (Wildman–Crippen MR) is 76.5 cm³/mol. The van der Waals surface area contributed by atoms with Crippen molar-refractivity contribution in [2.75, 3.05) is 11.1 Å². The van der Waals surface area contributed by atoms with Crippen LogP contribution >= 0.6 is 0 Å². The number of nitrogen functional groups attached to an aromatic ring is 1. The van der Waals surface area contributed by atoms with Gasteiger partial charge in [0.2, 0.25) is 0 Å². The Bertz CT molecular complexity index is 507. The first kappa shape index (κ1) is 13.5. The standard InChI is InChI=1S/C15H21FN2O2/c1-8(2)19-15-7-12(11(17)6-10(15)16)18-13-5-9-3-4-14(13)20-9/h6-9,13-14,18H,3-5,17H2,1-2H3. The largest absolute Gasteiger partial charge is 0.488 e. The third kappa shape index (κ3) is 2.54. The zero-order valence-corrected chi connectivity index (χ0v) is 11.9. The van der Waals surface area contributed by atoms with Crippen LogP contribution < -0.4 is 15.8 Å². The van der Waals surface area contributed by atoms with Crippen LogP contribution in [0, 0.1) is 5.82 Å². The number of benzene rings is 1. The van der Waals surface area contributed by atoms with E-state index in [2.05, 4.69) is 5.32 Å². The lowest BCUT2D eigenvalue weighted by atomic mass is 9.95. The van der Waals surface area contributed by atoms with E-state index in [1.807, 2.05) is 13.8 Å². The Balaban J connectivity index is 1.78. The second-order valence-electron chi connectivity index (χ2n) is 5.90. The van der Waals surface area contributed by atoms with E-state index in [1.165, 1.54) is 6.07 Å². The maximum absolute atomic E-state index is 13.8. The first-order valence-corrected chi connectivity index (χ1v) is 7.20. The summed E-state index contributed by atoms with van der Waals surface area (Å²) in [4.78, 5) is 0. The summed E-state index contributed by atoms with van der Waals surface area (Å²) in [5.74, 6) is -0.188. The molecule has 3 atom stereocenters. The lowest BCUT2D eigenvalue weighted by Crippen LogP contribution is -2.30. The van der Waals surface area contributed by atoms with E-state index in [1.54, 1.807) is 6.07 Å². The molecule has 2 bridgehead atoms. The van der Waals surface area contributed by atoms with Gasteiger partial charge in [0.1, 0.15) is 0 Å². The third-order valence-electron chi connectivity index (χ3n) is 3.91. The highest BCUT2D eigenvalue weighted by Gasteiger charge is 2.40. The fourth-order valence-electron chi connectivity index (χ4n) is 3.03. The van der Waals surface area contributed by atoms with E-state index in [0.29, 0.717) is 11.8 Å². The van der Waals surface area contributed by atoms with Crippen LogP contribution in [0.2, 0.25) is 0 Å². The van der Waals surface area contributed by atoms with Crippen LogP contribution in [0.25, 0.3) is 0 Å². The second kappa shape index (κ2) is 5.13. The van der Waals surface area contributed by atoms with Crippen molar-refractivity contribution in [1.29, 1.82) is 0 Å². The van der Waals surface area contributed by atoms with Crippen molar-refractivity contribution in [2.45, 2.75) is 57.5 Å². The summed E-state index contributed by atoms with van der Waals surface area (Å²) in [7, 11) is 0. The fraction of sp³-hybridized carbons (Fsp3) is 0.600. The summed E-state index contributed by atoms with van der Waals surface area (Å²) in [5, 5.41) is 3.38. The minimum Gasteiger partial charge on any atom is -0.488 e. The van der Waals surface area contributed by atoms with E-state index in [-0.39, 0.29) is 24.0 Å². The summed E-state index contributed by atoms with van der Waals surface area (Å²) in [6, 6.07) is 3.22. The lowest BCUT2D eigenvalue weighted by molar-refractivity contribution is 0.102. The minimum atomic E-state index is -0.425. The topological polar surface area (TPSA) is 56.5 Å². The highest BCUT2D eigenvalue weighted by Crippen LogP contribution is 2.38. The zero-order chi connectivity index (χ0) is 14.3. The molecule has 0 radical (unpaired) electrons. The highest BCUT2D eigenvalue weighted by atomic mass is 19.1. The summed E-state index contributed by atoms with van der Waals surface area (Å²) in [5.41, 5.74) is 7.03. The first-order valence-electron chi connectivity index (χ1n) is 7.20. The number of ether oxygens (including phenoxy) is 2. The molecule has 2 aliphatic rings. The average molecular weight is 280 g/mol. The minimum absolute atomic E-state index is 0.0770. The van der Waals surface area contributed by atoms with Crippen LogP contribution in [-0.2, 0) is 4.74 Å². The molecule has 0 amide bonds. The van der Waals surface area contributed by atoms with Gasteiger partial charge in [-0.05, 0) is 33.1 Å². The molecule has 20 heavy (non-hydrogen) atoms. The molecule has 3 unspecified atom stereocenters. The van der Waals surface area contributed by atoms with Crippen LogP contribution in [-0.4, -0.2) is 24.4 Å².